The number of aromatic amines is 1. The minimum absolute atomic E-state index is 0.207. The minimum atomic E-state index is 0.207. The van der Waals surface area contributed by atoms with Gasteiger partial charge in [-0.05, 0) is 62.1 Å². The summed E-state index contributed by atoms with van der Waals surface area (Å²) in [5.41, 5.74) is 7.56. The molecule has 1 aliphatic heterocycles. The fourth-order valence-electron chi connectivity index (χ4n) is 3.88. The second-order valence-corrected chi connectivity index (χ2v) is 7.54. The number of nitrogens with zero attached hydrogens (tertiary/aromatic N) is 4. The first-order valence-electron chi connectivity index (χ1n) is 9.51. The van der Waals surface area contributed by atoms with Gasteiger partial charge in [0.25, 0.3) is 0 Å². The first-order valence-corrected chi connectivity index (χ1v) is 9.51. The Morgan fingerprint density at radius 1 is 0.963 bits per heavy atom. The lowest BCUT2D eigenvalue weighted by Gasteiger charge is -2.34. The van der Waals surface area contributed by atoms with E-state index in [0.717, 1.165) is 49.9 Å². The molecule has 4 rings (SSSR count). The number of piperazine rings is 1. The highest BCUT2D eigenvalue weighted by Crippen LogP contribution is 2.27. The zero-order chi connectivity index (χ0) is 19.1. The molecule has 6 nitrogen and oxygen atoms in total. The van der Waals surface area contributed by atoms with E-state index in [1.165, 1.54) is 34.0 Å². The van der Waals surface area contributed by atoms with Crippen LogP contribution >= 0.6 is 0 Å². The van der Waals surface area contributed by atoms with Crippen molar-refractivity contribution >= 4 is 16.9 Å². The van der Waals surface area contributed by atoms with Crippen LogP contribution in [0.25, 0.3) is 11.0 Å². The van der Waals surface area contributed by atoms with Gasteiger partial charge >= 0.3 is 0 Å². The number of aromatic hydroxyl groups is 1. The molecule has 142 valence electrons. The van der Waals surface area contributed by atoms with Crippen LogP contribution in [0.4, 0.5) is 5.82 Å². The van der Waals surface area contributed by atoms with Crippen molar-refractivity contribution in [2.45, 2.75) is 34.2 Å². The summed E-state index contributed by atoms with van der Waals surface area (Å²) in [6.45, 7) is 13.3. The van der Waals surface area contributed by atoms with Gasteiger partial charge in [0.05, 0.1) is 23.8 Å². The van der Waals surface area contributed by atoms with E-state index >= 15 is 0 Å². The lowest BCUT2D eigenvalue weighted by atomic mass is 9.98. The Morgan fingerprint density at radius 3 is 2.33 bits per heavy atom. The van der Waals surface area contributed by atoms with E-state index in [4.69, 9.17) is 4.98 Å². The zero-order valence-corrected chi connectivity index (χ0v) is 16.5. The van der Waals surface area contributed by atoms with Gasteiger partial charge in [-0.25, -0.2) is 9.97 Å². The summed E-state index contributed by atoms with van der Waals surface area (Å²) in [5.74, 6) is 2.17. The number of H-pyrrole nitrogens is 1. The summed E-state index contributed by atoms with van der Waals surface area (Å²) in [4.78, 5) is 17.5. The maximum atomic E-state index is 9.39. The van der Waals surface area contributed by atoms with Crippen molar-refractivity contribution in [1.29, 1.82) is 0 Å². The van der Waals surface area contributed by atoms with E-state index in [2.05, 4.69) is 47.5 Å². The second-order valence-electron chi connectivity index (χ2n) is 7.54. The highest BCUT2D eigenvalue weighted by Gasteiger charge is 2.20. The van der Waals surface area contributed by atoms with Gasteiger partial charge in [-0.3, -0.25) is 4.90 Å². The van der Waals surface area contributed by atoms with Crippen LogP contribution in [0.15, 0.2) is 18.3 Å². The lowest BCUT2D eigenvalue weighted by molar-refractivity contribution is 0.244. The highest BCUT2D eigenvalue weighted by atomic mass is 16.3. The third-order valence-electron chi connectivity index (χ3n) is 5.97. The van der Waals surface area contributed by atoms with E-state index in [9.17, 15) is 5.11 Å². The van der Waals surface area contributed by atoms with E-state index in [-0.39, 0.29) is 5.75 Å². The van der Waals surface area contributed by atoms with Gasteiger partial charge in [0.2, 0.25) is 0 Å². The summed E-state index contributed by atoms with van der Waals surface area (Å²) in [6.07, 6.45) is 1.50. The van der Waals surface area contributed by atoms with Crippen LogP contribution in [0.3, 0.4) is 0 Å². The van der Waals surface area contributed by atoms with Crippen molar-refractivity contribution in [3.8, 4) is 5.75 Å². The van der Waals surface area contributed by atoms with E-state index in [1.54, 1.807) is 6.07 Å². The molecule has 6 heteroatoms. The summed E-state index contributed by atoms with van der Waals surface area (Å²) in [5, 5.41) is 9.39. The Labute approximate surface area is 159 Å². The Bertz CT molecular complexity index is 924. The van der Waals surface area contributed by atoms with Gasteiger partial charge in [-0.1, -0.05) is 0 Å². The highest BCUT2D eigenvalue weighted by molar-refractivity contribution is 5.84. The molecule has 0 saturated carbocycles. The SMILES string of the molecule is Cc1c(C)c(C)c2[nH]c(CN3CCN(c4ccc(O)cn4)CC3)nc2c1C. The number of benzene rings is 1. The first-order chi connectivity index (χ1) is 12.9. The van der Waals surface area contributed by atoms with E-state index < -0.39 is 0 Å². The molecule has 0 amide bonds. The molecule has 0 unspecified atom stereocenters. The summed E-state index contributed by atoms with van der Waals surface area (Å²) in [6, 6.07) is 3.57. The Balaban J connectivity index is 1.47. The number of fused-ring (bicyclic) bond motifs is 1. The molecule has 0 atom stereocenters. The fraction of sp³-hybridized carbons (Fsp3) is 0.429. The maximum absolute atomic E-state index is 9.39. The predicted octanol–water partition coefficient (Wildman–Crippen LogP) is 3.22. The molecular weight excluding hydrogens is 338 g/mol. The number of nitrogens with one attached hydrogen (secondary N) is 1. The largest absolute Gasteiger partial charge is 0.506 e. The van der Waals surface area contributed by atoms with Crippen molar-refractivity contribution in [1.82, 2.24) is 19.9 Å². The molecule has 1 saturated heterocycles. The normalized spacial score (nSPS) is 15.6. The van der Waals surface area contributed by atoms with E-state index in [1.807, 2.05) is 6.07 Å². The number of imidazole rings is 1. The Kier molecular flexibility index (Phi) is 4.52. The molecule has 2 N–H and O–H groups in total. The van der Waals surface area contributed by atoms with Crippen LogP contribution in [0.1, 0.15) is 28.1 Å². The molecule has 3 aromatic rings. The van der Waals surface area contributed by atoms with Crippen molar-refractivity contribution in [2.75, 3.05) is 31.1 Å². The van der Waals surface area contributed by atoms with Crippen molar-refractivity contribution < 1.29 is 5.11 Å². The van der Waals surface area contributed by atoms with Gasteiger partial charge in [0.1, 0.15) is 17.4 Å². The van der Waals surface area contributed by atoms with Crippen LogP contribution in [0.5, 0.6) is 5.75 Å². The van der Waals surface area contributed by atoms with Gasteiger partial charge in [-0.15, -0.1) is 0 Å². The second kappa shape index (κ2) is 6.85. The molecule has 2 aromatic heterocycles. The predicted molar refractivity (Wildman–Crippen MR) is 108 cm³/mol. The number of aromatic nitrogens is 3. The van der Waals surface area contributed by atoms with Gasteiger partial charge in [0.15, 0.2) is 0 Å². The van der Waals surface area contributed by atoms with Crippen molar-refractivity contribution in [3.63, 3.8) is 0 Å². The molecule has 0 spiro atoms. The molecule has 0 bridgehead atoms. The maximum Gasteiger partial charge on any atom is 0.134 e. The number of aryl methyl sites for hydroxylation is 2. The molecule has 3 heterocycles. The molecule has 1 aromatic carbocycles. The average molecular weight is 365 g/mol. The molecule has 0 aliphatic carbocycles. The molecule has 1 fully saturated rings. The number of rotatable bonds is 3. The lowest BCUT2D eigenvalue weighted by Crippen LogP contribution is -2.46. The number of anilines is 1. The number of hydrogen-bond acceptors (Lipinski definition) is 5. The summed E-state index contributed by atoms with van der Waals surface area (Å²) < 4.78 is 0. The number of hydrogen-bond donors (Lipinski definition) is 2. The average Bonchev–Trinajstić information content (AvgIpc) is 3.10. The first kappa shape index (κ1) is 17.8. The van der Waals surface area contributed by atoms with Crippen molar-refractivity contribution in [2.24, 2.45) is 0 Å². The molecule has 0 radical (unpaired) electrons. The third kappa shape index (κ3) is 3.25. The topological polar surface area (TPSA) is 68.3 Å². The van der Waals surface area contributed by atoms with Crippen molar-refractivity contribution in [3.05, 3.63) is 46.4 Å². The summed E-state index contributed by atoms with van der Waals surface area (Å²) >= 11 is 0. The monoisotopic (exact) mass is 365 g/mol. The standard InChI is InChI=1S/C21H27N5O/c1-13-14(2)16(4)21-20(15(13)3)23-18(24-21)12-25-7-9-26(10-8-25)19-6-5-17(27)11-22-19/h5-6,11,27H,7-10,12H2,1-4H3,(H,23,24). The van der Waals surface area contributed by atoms with Crippen LogP contribution in [-0.2, 0) is 6.54 Å². The Hall–Kier alpha value is -2.60. The van der Waals surface area contributed by atoms with Gasteiger partial charge in [0, 0.05) is 26.2 Å². The molecule has 27 heavy (non-hydrogen) atoms. The van der Waals surface area contributed by atoms with Crippen LogP contribution in [0.2, 0.25) is 0 Å². The zero-order valence-electron chi connectivity index (χ0n) is 16.5. The van der Waals surface area contributed by atoms with E-state index in [0.29, 0.717) is 0 Å². The summed E-state index contributed by atoms with van der Waals surface area (Å²) in [7, 11) is 0. The third-order valence-corrected chi connectivity index (χ3v) is 5.97. The fourth-order valence-corrected chi connectivity index (χ4v) is 3.88. The van der Waals surface area contributed by atoms with Gasteiger partial charge in [-0.2, -0.15) is 0 Å². The minimum Gasteiger partial charge on any atom is -0.506 e. The van der Waals surface area contributed by atoms with Crippen LogP contribution in [-0.4, -0.2) is 51.1 Å². The molecule has 1 aliphatic rings. The number of pyridine rings is 1. The molecular formula is C21H27N5O. The van der Waals surface area contributed by atoms with Crippen LogP contribution < -0.4 is 4.90 Å². The smallest absolute Gasteiger partial charge is 0.134 e. The van der Waals surface area contributed by atoms with Gasteiger partial charge < -0.3 is 15.0 Å². The van der Waals surface area contributed by atoms with Crippen LogP contribution in [0, 0.1) is 27.7 Å². The Morgan fingerprint density at radius 2 is 1.67 bits per heavy atom. The quantitative estimate of drug-likeness (QED) is 0.746.